The Morgan fingerprint density at radius 2 is 1.44 bits per heavy atom. The number of hydrogen-bond acceptors (Lipinski definition) is 3. The number of esters is 1. The highest BCUT2D eigenvalue weighted by Gasteiger charge is 2.37. The van der Waals surface area contributed by atoms with Gasteiger partial charge in [-0.25, -0.2) is 4.79 Å². The minimum atomic E-state index is -0.749. The molecule has 4 aromatic rings. The molecule has 0 N–H and O–H groups in total. The first-order valence-electron chi connectivity index (χ1n) is 10.6. The van der Waals surface area contributed by atoms with Crippen molar-refractivity contribution in [2.45, 2.75) is 33.1 Å². The van der Waals surface area contributed by atoms with Crippen molar-refractivity contribution in [2.24, 2.45) is 0 Å². The predicted octanol–water partition coefficient (Wildman–Crippen LogP) is 6.78. The molecule has 0 radical (unpaired) electrons. The van der Waals surface area contributed by atoms with Crippen molar-refractivity contribution in [3.8, 4) is 0 Å². The molecule has 1 aromatic heterocycles. The third kappa shape index (κ3) is 4.02. The SMILES string of the molecule is O=C(OC1(c2ccoc2)C=CCC1)c1ccc([S+](c2ccccc2)c2ccccc2)cc1. The molecule has 5 rings (SSSR count). The summed E-state index contributed by atoms with van der Waals surface area (Å²) in [5, 5.41) is 0. The maximum atomic E-state index is 13.0. The summed E-state index contributed by atoms with van der Waals surface area (Å²) in [6.07, 6.45) is 8.87. The van der Waals surface area contributed by atoms with Crippen LogP contribution in [0.15, 0.2) is 135 Å². The minimum absolute atomic E-state index is 0.248. The van der Waals surface area contributed by atoms with Gasteiger partial charge < -0.3 is 9.15 Å². The summed E-state index contributed by atoms with van der Waals surface area (Å²) >= 11 is 0. The number of allylic oxidation sites excluding steroid dienone is 1. The summed E-state index contributed by atoms with van der Waals surface area (Å²) in [6.45, 7) is 0. The fourth-order valence-electron chi connectivity index (χ4n) is 4.02. The summed E-state index contributed by atoms with van der Waals surface area (Å²) in [5.74, 6) is -0.330. The minimum Gasteiger partial charge on any atom is -0.472 e. The van der Waals surface area contributed by atoms with E-state index < -0.39 is 5.60 Å². The molecule has 1 atom stereocenters. The van der Waals surface area contributed by atoms with Gasteiger partial charge in [-0.1, -0.05) is 42.5 Å². The number of rotatable bonds is 6. The summed E-state index contributed by atoms with van der Waals surface area (Å²) in [5.41, 5.74) is 0.661. The fourth-order valence-corrected chi connectivity index (χ4v) is 6.10. The van der Waals surface area contributed by atoms with Crippen molar-refractivity contribution in [3.63, 3.8) is 0 Å². The van der Waals surface area contributed by atoms with E-state index in [1.54, 1.807) is 12.5 Å². The monoisotopic (exact) mass is 439 g/mol. The van der Waals surface area contributed by atoms with Gasteiger partial charge in [0.05, 0.1) is 29.0 Å². The van der Waals surface area contributed by atoms with Gasteiger partial charge in [-0.3, -0.25) is 0 Å². The zero-order chi connectivity index (χ0) is 21.8. The van der Waals surface area contributed by atoms with E-state index in [0.29, 0.717) is 5.56 Å². The van der Waals surface area contributed by atoms with Gasteiger partial charge in [0.1, 0.15) is 0 Å². The molecule has 158 valence electrons. The average Bonchev–Trinajstić information content (AvgIpc) is 3.54. The lowest BCUT2D eigenvalue weighted by atomic mass is 9.95. The number of carbonyl (C=O) groups is 1. The van der Waals surface area contributed by atoms with E-state index >= 15 is 0 Å². The summed E-state index contributed by atoms with van der Waals surface area (Å²) in [7, 11) is -0.248. The molecular weight excluding hydrogens is 416 g/mol. The highest BCUT2D eigenvalue weighted by atomic mass is 32.2. The number of hydrogen-bond donors (Lipinski definition) is 0. The molecule has 3 aromatic carbocycles. The van der Waals surface area contributed by atoms with Gasteiger partial charge >= 0.3 is 5.97 Å². The van der Waals surface area contributed by atoms with Crippen LogP contribution in [0.1, 0.15) is 28.8 Å². The van der Waals surface area contributed by atoms with Crippen molar-refractivity contribution >= 4 is 16.9 Å². The highest BCUT2D eigenvalue weighted by Crippen LogP contribution is 2.38. The molecule has 0 saturated heterocycles. The van der Waals surface area contributed by atoms with Gasteiger partial charge in [0.2, 0.25) is 0 Å². The van der Waals surface area contributed by atoms with Crippen LogP contribution in [0, 0.1) is 0 Å². The van der Waals surface area contributed by atoms with E-state index in [4.69, 9.17) is 9.15 Å². The van der Waals surface area contributed by atoms with Crippen LogP contribution < -0.4 is 0 Å². The zero-order valence-corrected chi connectivity index (χ0v) is 18.3. The van der Waals surface area contributed by atoms with Gasteiger partial charge in [-0.15, -0.1) is 0 Å². The Labute approximate surface area is 190 Å². The second-order valence-electron chi connectivity index (χ2n) is 7.69. The maximum absolute atomic E-state index is 13.0. The Bertz CT molecular complexity index is 1160. The Hall–Kier alpha value is -3.50. The number of furan rings is 1. The average molecular weight is 440 g/mol. The van der Waals surface area contributed by atoms with Gasteiger partial charge in [-0.2, -0.15) is 0 Å². The van der Waals surface area contributed by atoms with Crippen LogP contribution in [0.25, 0.3) is 0 Å². The van der Waals surface area contributed by atoms with E-state index in [0.717, 1.165) is 23.3 Å². The lowest BCUT2D eigenvalue weighted by Gasteiger charge is -2.26. The third-order valence-corrected chi connectivity index (χ3v) is 7.87. The Morgan fingerprint density at radius 3 is 1.97 bits per heavy atom. The molecule has 0 fully saturated rings. The van der Waals surface area contributed by atoms with Gasteiger partial charge in [-0.05, 0) is 73.5 Å². The maximum Gasteiger partial charge on any atom is 0.339 e. The quantitative estimate of drug-likeness (QED) is 0.189. The molecule has 1 unspecified atom stereocenters. The van der Waals surface area contributed by atoms with Crippen molar-refractivity contribution in [1.82, 2.24) is 0 Å². The molecule has 4 heteroatoms. The smallest absolute Gasteiger partial charge is 0.339 e. The van der Waals surface area contributed by atoms with Crippen molar-refractivity contribution in [3.05, 3.63) is 127 Å². The standard InChI is InChI=1S/C28H23O3S/c29-27(31-28(18-7-8-19-28)23-17-20-30-21-23)22-13-15-26(16-14-22)32(24-9-3-1-4-10-24)25-11-5-2-6-12-25/h1-7,9-18,20-21H,8,19H2/q+1. The second kappa shape index (κ2) is 8.93. The third-order valence-electron chi connectivity index (χ3n) is 5.64. The second-order valence-corrected chi connectivity index (χ2v) is 9.72. The van der Waals surface area contributed by atoms with Crippen molar-refractivity contribution in [2.75, 3.05) is 0 Å². The van der Waals surface area contributed by atoms with E-state index in [2.05, 4.69) is 54.6 Å². The van der Waals surface area contributed by atoms with Crippen LogP contribution in [-0.4, -0.2) is 5.97 Å². The first-order chi connectivity index (χ1) is 15.8. The fraction of sp³-hybridized carbons (Fsp3) is 0.107. The van der Waals surface area contributed by atoms with E-state index in [1.807, 2.05) is 48.5 Å². The Morgan fingerprint density at radius 1 is 0.812 bits per heavy atom. The molecule has 3 nitrogen and oxygen atoms in total. The molecule has 0 aliphatic heterocycles. The summed E-state index contributed by atoms with van der Waals surface area (Å²) in [4.78, 5) is 16.7. The molecule has 1 heterocycles. The zero-order valence-electron chi connectivity index (χ0n) is 17.5. The normalized spacial score (nSPS) is 17.5. The number of carbonyl (C=O) groups excluding carboxylic acids is 1. The van der Waals surface area contributed by atoms with Crippen LogP contribution in [0.3, 0.4) is 0 Å². The number of benzene rings is 3. The van der Waals surface area contributed by atoms with Crippen molar-refractivity contribution in [1.29, 1.82) is 0 Å². The van der Waals surface area contributed by atoms with E-state index in [9.17, 15) is 4.79 Å². The molecular formula is C28H23O3S+. The van der Waals surface area contributed by atoms with Gasteiger partial charge in [0.15, 0.2) is 20.3 Å². The van der Waals surface area contributed by atoms with Crippen LogP contribution in [0.4, 0.5) is 0 Å². The molecule has 1 aliphatic rings. The van der Waals surface area contributed by atoms with E-state index in [1.165, 1.54) is 9.79 Å². The molecule has 0 amide bonds. The molecule has 0 bridgehead atoms. The lowest BCUT2D eigenvalue weighted by molar-refractivity contribution is 0.00158. The van der Waals surface area contributed by atoms with Gasteiger partial charge in [0, 0.05) is 5.56 Å². The molecule has 0 spiro atoms. The molecule has 32 heavy (non-hydrogen) atoms. The Kier molecular flexibility index (Phi) is 5.70. The predicted molar refractivity (Wildman–Crippen MR) is 126 cm³/mol. The summed E-state index contributed by atoms with van der Waals surface area (Å²) in [6, 6.07) is 30.6. The van der Waals surface area contributed by atoms with Crippen LogP contribution >= 0.6 is 0 Å². The van der Waals surface area contributed by atoms with Crippen LogP contribution in [0.5, 0.6) is 0 Å². The Balaban J connectivity index is 1.43. The summed E-state index contributed by atoms with van der Waals surface area (Å²) < 4.78 is 11.3. The lowest BCUT2D eigenvalue weighted by Crippen LogP contribution is -2.28. The molecule has 0 saturated carbocycles. The topological polar surface area (TPSA) is 39.4 Å². The molecule has 1 aliphatic carbocycles. The van der Waals surface area contributed by atoms with Gasteiger partial charge in [0.25, 0.3) is 0 Å². The van der Waals surface area contributed by atoms with E-state index in [-0.39, 0.29) is 16.9 Å². The number of ether oxygens (including phenoxy) is 1. The first kappa shape index (κ1) is 20.4. The largest absolute Gasteiger partial charge is 0.472 e. The van der Waals surface area contributed by atoms with Crippen LogP contribution in [0.2, 0.25) is 0 Å². The van der Waals surface area contributed by atoms with Crippen molar-refractivity contribution < 1.29 is 13.9 Å². The first-order valence-corrected chi connectivity index (χ1v) is 11.9. The van der Waals surface area contributed by atoms with Crippen LogP contribution in [-0.2, 0) is 21.2 Å². The highest BCUT2D eigenvalue weighted by molar-refractivity contribution is 7.97.